The largest absolute Gasteiger partial charge is 0.478 e. The van der Waals surface area contributed by atoms with Crippen LogP contribution in [0.2, 0.25) is 0 Å². The quantitative estimate of drug-likeness (QED) is 0.383. The van der Waals surface area contributed by atoms with Gasteiger partial charge >= 0.3 is 5.97 Å². The smallest absolute Gasteiger partial charge is 0.336 e. The number of imidazole rings is 1. The van der Waals surface area contributed by atoms with Crippen LogP contribution < -0.4 is 5.73 Å². The first kappa shape index (κ1) is 23.0. The summed E-state index contributed by atoms with van der Waals surface area (Å²) in [6.45, 7) is 2.03. The summed E-state index contributed by atoms with van der Waals surface area (Å²) < 4.78 is 0. The molecule has 4 aliphatic carbocycles. The number of nitrogens with two attached hydrogens (primary N) is 1. The number of rotatable bonds is 7. The number of hydrogen-bond donors (Lipinski definition) is 3. The van der Waals surface area contributed by atoms with E-state index in [1.165, 1.54) is 44.6 Å². The minimum Gasteiger partial charge on any atom is -0.478 e. The van der Waals surface area contributed by atoms with Crippen LogP contribution in [0.1, 0.15) is 76.9 Å². The Morgan fingerprint density at radius 3 is 2.25 bits per heavy atom. The molecule has 4 fully saturated rings. The molecule has 0 aliphatic heterocycles. The third kappa shape index (κ3) is 3.93. The molecule has 36 heavy (non-hydrogen) atoms. The predicted molar refractivity (Wildman–Crippen MR) is 139 cm³/mol. The monoisotopic (exact) mass is 483 g/mol. The van der Waals surface area contributed by atoms with Crippen LogP contribution in [0.3, 0.4) is 0 Å². The number of amides is 1. The molecule has 4 saturated carbocycles. The summed E-state index contributed by atoms with van der Waals surface area (Å²) in [5, 5.41) is 9.99. The molecule has 0 saturated heterocycles. The summed E-state index contributed by atoms with van der Waals surface area (Å²) >= 11 is 0. The Morgan fingerprint density at radius 1 is 1.00 bits per heavy atom. The summed E-state index contributed by atoms with van der Waals surface area (Å²) in [6.07, 6.45) is 9.97. The summed E-state index contributed by atoms with van der Waals surface area (Å²) in [5.74, 6) is 1.55. The van der Waals surface area contributed by atoms with Gasteiger partial charge in [0.15, 0.2) is 0 Å². The topological polar surface area (TPSA) is 109 Å². The molecule has 0 radical (unpaired) electrons. The van der Waals surface area contributed by atoms with Crippen LogP contribution in [-0.2, 0) is 6.42 Å². The second kappa shape index (κ2) is 8.61. The molecule has 1 amide bonds. The van der Waals surface area contributed by atoms with Crippen molar-refractivity contribution in [3.05, 3.63) is 64.8 Å². The number of hydrogen-bond acceptors (Lipinski definition) is 3. The average Bonchev–Trinajstić information content (AvgIpc) is 3.25. The average molecular weight is 484 g/mol. The van der Waals surface area contributed by atoms with E-state index in [9.17, 15) is 14.7 Å². The number of aryl methyl sites for hydroxylation is 2. The van der Waals surface area contributed by atoms with Crippen LogP contribution in [0.15, 0.2) is 42.5 Å². The summed E-state index contributed by atoms with van der Waals surface area (Å²) in [6, 6.07) is 12.7. The van der Waals surface area contributed by atoms with Crippen molar-refractivity contribution in [1.29, 1.82) is 0 Å². The van der Waals surface area contributed by atoms with Crippen molar-refractivity contribution < 1.29 is 14.7 Å². The number of carbonyl (C=O) groups is 2. The highest BCUT2D eigenvalue weighted by Gasteiger charge is 2.50. The van der Waals surface area contributed by atoms with Gasteiger partial charge in [-0.3, -0.25) is 4.79 Å². The molecular weight excluding hydrogens is 450 g/mol. The zero-order valence-corrected chi connectivity index (χ0v) is 20.7. The number of nitrogens with one attached hydrogen (secondary N) is 1. The molecule has 1 aromatic heterocycles. The molecule has 1 heterocycles. The molecular formula is C30H33N3O3. The van der Waals surface area contributed by atoms with Crippen molar-refractivity contribution in [3.63, 3.8) is 0 Å². The normalized spacial score (nSPS) is 26.3. The SMILES string of the molecule is Cc1ccccc1-c1nc(-c2c(C(N)=O)cccc2C(=O)O)c(CCC23CC4CC(CC(C4)C2)C3)[nH]1. The van der Waals surface area contributed by atoms with Gasteiger partial charge in [0.25, 0.3) is 0 Å². The molecule has 2 aromatic carbocycles. The number of carboxylic acid groups (broad SMARTS) is 1. The third-order valence-electron chi connectivity index (χ3n) is 9.05. The van der Waals surface area contributed by atoms with Gasteiger partial charge in [-0.05, 0) is 99.2 Å². The van der Waals surface area contributed by atoms with Gasteiger partial charge in [0.1, 0.15) is 5.82 Å². The van der Waals surface area contributed by atoms with E-state index >= 15 is 0 Å². The Morgan fingerprint density at radius 2 is 1.64 bits per heavy atom. The molecule has 0 unspecified atom stereocenters. The Labute approximate surface area is 211 Å². The van der Waals surface area contributed by atoms with E-state index in [0.717, 1.165) is 47.4 Å². The van der Waals surface area contributed by atoms with Crippen molar-refractivity contribution >= 4 is 11.9 Å². The fourth-order valence-corrected chi connectivity index (χ4v) is 7.94. The molecule has 0 atom stereocenters. The molecule has 6 heteroatoms. The standard InChI is InChI=1S/C30H33N3O3/c1-17-5-2-3-6-21(17)28-32-24(9-10-30-14-18-11-19(15-30)13-20(12-18)16-30)26(33-28)25-22(27(31)34)7-4-8-23(25)29(35)36/h2-8,18-20H,9-16H2,1H3,(H2,31,34)(H,32,33)(H,35,36). The number of carboxylic acids is 1. The maximum atomic E-state index is 12.4. The van der Waals surface area contributed by atoms with Gasteiger partial charge in [-0.15, -0.1) is 0 Å². The summed E-state index contributed by atoms with van der Waals surface area (Å²) in [7, 11) is 0. The lowest BCUT2D eigenvalue weighted by Gasteiger charge is -2.57. The number of aromatic carboxylic acids is 1. The number of benzene rings is 2. The molecule has 6 nitrogen and oxygen atoms in total. The van der Waals surface area contributed by atoms with Crippen molar-refractivity contribution in [2.75, 3.05) is 0 Å². The highest BCUT2D eigenvalue weighted by molar-refractivity contribution is 6.06. The minimum atomic E-state index is -1.10. The van der Waals surface area contributed by atoms with Crippen LogP contribution in [0, 0.1) is 30.1 Å². The summed E-state index contributed by atoms with van der Waals surface area (Å²) in [5.41, 5.74) is 10.1. The van der Waals surface area contributed by atoms with E-state index in [1.54, 1.807) is 12.1 Å². The van der Waals surface area contributed by atoms with Gasteiger partial charge < -0.3 is 15.8 Å². The van der Waals surface area contributed by atoms with Gasteiger partial charge in [0.05, 0.1) is 11.3 Å². The molecule has 186 valence electrons. The lowest BCUT2D eigenvalue weighted by atomic mass is 9.48. The molecule has 4 bridgehead atoms. The van der Waals surface area contributed by atoms with Crippen LogP contribution in [0.25, 0.3) is 22.6 Å². The van der Waals surface area contributed by atoms with Crippen LogP contribution in [-0.4, -0.2) is 27.0 Å². The van der Waals surface area contributed by atoms with Crippen molar-refractivity contribution in [2.24, 2.45) is 28.9 Å². The minimum absolute atomic E-state index is 0.0465. The first-order valence-electron chi connectivity index (χ1n) is 13.1. The number of aromatic nitrogens is 2. The number of nitrogens with zero attached hydrogens (tertiary/aromatic N) is 1. The Balaban J connectivity index is 1.44. The van der Waals surface area contributed by atoms with E-state index in [0.29, 0.717) is 22.5 Å². The van der Waals surface area contributed by atoms with E-state index in [4.69, 9.17) is 10.7 Å². The first-order valence-corrected chi connectivity index (χ1v) is 13.1. The number of aromatic amines is 1. The fraction of sp³-hybridized carbons (Fsp3) is 0.433. The van der Waals surface area contributed by atoms with Crippen LogP contribution >= 0.6 is 0 Å². The maximum absolute atomic E-state index is 12.4. The van der Waals surface area contributed by atoms with Gasteiger partial charge in [0, 0.05) is 22.4 Å². The van der Waals surface area contributed by atoms with Gasteiger partial charge in [-0.2, -0.15) is 0 Å². The molecule has 7 rings (SSSR count). The first-order chi connectivity index (χ1) is 17.3. The fourth-order valence-electron chi connectivity index (χ4n) is 7.94. The summed E-state index contributed by atoms with van der Waals surface area (Å²) in [4.78, 5) is 33.1. The third-order valence-corrected chi connectivity index (χ3v) is 9.05. The number of H-pyrrole nitrogens is 1. The second-order valence-electron chi connectivity index (χ2n) is 11.5. The van der Waals surface area contributed by atoms with Gasteiger partial charge in [-0.1, -0.05) is 30.3 Å². The molecule has 4 aliphatic rings. The Bertz CT molecular complexity index is 1290. The molecule has 0 spiro atoms. The lowest BCUT2D eigenvalue weighted by molar-refractivity contribution is -0.0570. The predicted octanol–water partition coefficient (Wildman–Crippen LogP) is 6.00. The number of primary amides is 1. The van der Waals surface area contributed by atoms with E-state index in [-0.39, 0.29) is 11.1 Å². The van der Waals surface area contributed by atoms with Crippen LogP contribution in [0.5, 0.6) is 0 Å². The zero-order chi connectivity index (χ0) is 25.0. The van der Waals surface area contributed by atoms with Crippen molar-refractivity contribution in [2.45, 2.75) is 58.3 Å². The van der Waals surface area contributed by atoms with Crippen molar-refractivity contribution in [1.82, 2.24) is 9.97 Å². The van der Waals surface area contributed by atoms with E-state index in [1.807, 2.05) is 31.2 Å². The molecule has 3 aromatic rings. The highest BCUT2D eigenvalue weighted by Crippen LogP contribution is 2.61. The molecule has 4 N–H and O–H groups in total. The van der Waals surface area contributed by atoms with E-state index in [2.05, 4.69) is 4.98 Å². The maximum Gasteiger partial charge on any atom is 0.336 e. The van der Waals surface area contributed by atoms with Crippen LogP contribution in [0.4, 0.5) is 0 Å². The van der Waals surface area contributed by atoms with Crippen molar-refractivity contribution in [3.8, 4) is 22.6 Å². The van der Waals surface area contributed by atoms with E-state index < -0.39 is 11.9 Å². The van der Waals surface area contributed by atoms with Gasteiger partial charge in [0.2, 0.25) is 5.91 Å². The zero-order valence-electron chi connectivity index (χ0n) is 20.7. The number of carbonyl (C=O) groups excluding carboxylic acids is 1. The Hall–Kier alpha value is -3.41. The van der Waals surface area contributed by atoms with Gasteiger partial charge in [-0.25, -0.2) is 9.78 Å². The highest BCUT2D eigenvalue weighted by atomic mass is 16.4. The second-order valence-corrected chi connectivity index (χ2v) is 11.5. The Kier molecular flexibility index (Phi) is 5.51. The lowest BCUT2D eigenvalue weighted by Crippen LogP contribution is -2.46.